The van der Waals surface area contributed by atoms with Gasteiger partial charge in [0, 0.05) is 22.7 Å². The predicted molar refractivity (Wildman–Crippen MR) is 99.1 cm³/mol. The highest BCUT2D eigenvalue weighted by Gasteiger charge is 2.17. The van der Waals surface area contributed by atoms with Gasteiger partial charge in [-0.05, 0) is 24.3 Å². The summed E-state index contributed by atoms with van der Waals surface area (Å²) in [5.74, 6) is 0.620. The van der Waals surface area contributed by atoms with E-state index in [-0.39, 0.29) is 5.56 Å². The van der Waals surface area contributed by atoms with E-state index in [1.54, 1.807) is 6.21 Å². The lowest BCUT2D eigenvalue weighted by Gasteiger charge is -1.99. The molecular formula is C20H13N3O2. The first-order valence-corrected chi connectivity index (χ1v) is 7.94. The number of rotatable bonds is 2. The van der Waals surface area contributed by atoms with Crippen LogP contribution < -0.4 is 5.56 Å². The zero-order valence-corrected chi connectivity index (χ0v) is 13.1. The topological polar surface area (TPSA) is 74.2 Å². The Morgan fingerprint density at radius 1 is 1.00 bits per heavy atom. The molecule has 120 valence electrons. The Balaban J connectivity index is 1.67. The summed E-state index contributed by atoms with van der Waals surface area (Å²) in [7, 11) is 0. The fourth-order valence-corrected chi connectivity index (χ4v) is 3.11. The van der Waals surface area contributed by atoms with E-state index in [1.165, 1.54) is 0 Å². The number of aliphatic imine (C=N–C) groups is 1. The monoisotopic (exact) mass is 327 g/mol. The Morgan fingerprint density at radius 3 is 2.76 bits per heavy atom. The number of aromatic amines is 2. The molecule has 2 aromatic heterocycles. The highest BCUT2D eigenvalue weighted by atomic mass is 16.3. The van der Waals surface area contributed by atoms with Crippen LogP contribution in [0.25, 0.3) is 34.1 Å². The van der Waals surface area contributed by atoms with Crippen LogP contribution in [-0.2, 0) is 0 Å². The molecule has 0 bridgehead atoms. The lowest BCUT2D eigenvalue weighted by Crippen LogP contribution is -2.02. The highest BCUT2D eigenvalue weighted by Crippen LogP contribution is 2.34. The second-order valence-corrected chi connectivity index (χ2v) is 5.89. The van der Waals surface area contributed by atoms with Gasteiger partial charge in [0.1, 0.15) is 11.3 Å². The van der Waals surface area contributed by atoms with E-state index in [1.807, 2.05) is 60.7 Å². The minimum absolute atomic E-state index is 0.194. The number of H-pyrrole nitrogens is 2. The molecular weight excluding hydrogens is 314 g/mol. The zero-order chi connectivity index (χ0) is 16.8. The number of benzene rings is 2. The molecule has 2 aromatic carbocycles. The third-order valence-corrected chi connectivity index (χ3v) is 4.34. The molecule has 0 fully saturated rings. The molecule has 5 nitrogen and oxygen atoms in total. The van der Waals surface area contributed by atoms with Crippen molar-refractivity contribution in [3.8, 4) is 11.5 Å². The quantitative estimate of drug-likeness (QED) is 0.573. The Hall–Kier alpha value is -3.60. The summed E-state index contributed by atoms with van der Waals surface area (Å²) in [5, 5.41) is 6.57. The van der Waals surface area contributed by atoms with Crippen molar-refractivity contribution in [3.63, 3.8) is 0 Å². The molecule has 1 aliphatic rings. The van der Waals surface area contributed by atoms with Gasteiger partial charge in [-0.3, -0.25) is 20.0 Å². The fraction of sp³-hybridized carbons (Fsp3) is 0. The van der Waals surface area contributed by atoms with Gasteiger partial charge < -0.3 is 4.42 Å². The molecule has 5 rings (SSSR count). The van der Waals surface area contributed by atoms with Gasteiger partial charge in [0.25, 0.3) is 5.56 Å². The summed E-state index contributed by atoms with van der Waals surface area (Å²) in [6.45, 7) is 0. The number of hydrogen-bond acceptors (Lipinski definition) is 3. The minimum atomic E-state index is -0.194. The Morgan fingerprint density at radius 2 is 1.84 bits per heavy atom. The van der Waals surface area contributed by atoms with Gasteiger partial charge >= 0.3 is 0 Å². The van der Waals surface area contributed by atoms with Crippen LogP contribution in [0.3, 0.4) is 0 Å². The summed E-state index contributed by atoms with van der Waals surface area (Å²) in [6, 6.07) is 17.5. The van der Waals surface area contributed by atoms with Crippen molar-refractivity contribution >= 4 is 34.5 Å². The second-order valence-electron chi connectivity index (χ2n) is 5.89. The number of nitrogens with one attached hydrogen (secondary N) is 2. The number of hydrogen-bond donors (Lipinski definition) is 2. The fourth-order valence-electron chi connectivity index (χ4n) is 3.11. The molecule has 5 heteroatoms. The van der Waals surface area contributed by atoms with E-state index >= 15 is 0 Å². The van der Waals surface area contributed by atoms with Crippen molar-refractivity contribution in [2.45, 2.75) is 0 Å². The van der Waals surface area contributed by atoms with Gasteiger partial charge in [0.2, 0.25) is 0 Å². The van der Waals surface area contributed by atoms with E-state index in [0.717, 1.165) is 27.8 Å². The number of nitrogens with zero attached hydrogens (tertiary/aromatic N) is 1. The number of furan rings is 1. The normalized spacial score (nSPS) is 14.5. The summed E-state index contributed by atoms with van der Waals surface area (Å²) in [5.41, 5.74) is 4.57. The molecule has 3 heterocycles. The van der Waals surface area contributed by atoms with E-state index in [2.05, 4.69) is 15.2 Å². The molecule has 4 aromatic rings. The van der Waals surface area contributed by atoms with Crippen LogP contribution in [0.2, 0.25) is 0 Å². The van der Waals surface area contributed by atoms with E-state index in [4.69, 9.17) is 4.42 Å². The molecule has 0 radical (unpaired) electrons. The average Bonchev–Trinajstić information content (AvgIpc) is 3.33. The molecule has 0 saturated carbocycles. The molecule has 0 aliphatic carbocycles. The first-order chi connectivity index (χ1) is 12.3. The molecule has 25 heavy (non-hydrogen) atoms. The third-order valence-electron chi connectivity index (χ3n) is 4.34. The summed E-state index contributed by atoms with van der Waals surface area (Å²) < 4.78 is 5.89. The van der Waals surface area contributed by atoms with Gasteiger partial charge in [-0.15, -0.1) is 0 Å². The van der Waals surface area contributed by atoms with Gasteiger partial charge in [0.05, 0.1) is 11.3 Å². The maximum Gasteiger partial charge on any atom is 0.271 e. The molecule has 0 spiro atoms. The smallest absolute Gasteiger partial charge is 0.271 e. The second kappa shape index (κ2) is 5.21. The average molecular weight is 327 g/mol. The van der Waals surface area contributed by atoms with Crippen LogP contribution in [0.4, 0.5) is 5.69 Å². The number of para-hydroxylation sites is 2. The largest absolute Gasteiger partial charge is 0.454 e. The molecule has 0 saturated heterocycles. The first-order valence-electron chi connectivity index (χ1n) is 7.94. The van der Waals surface area contributed by atoms with Crippen LogP contribution in [0.1, 0.15) is 11.1 Å². The van der Waals surface area contributed by atoms with Crippen molar-refractivity contribution in [3.05, 3.63) is 76.1 Å². The lowest BCUT2D eigenvalue weighted by molar-refractivity contribution is 0.628. The third kappa shape index (κ3) is 2.17. The van der Waals surface area contributed by atoms with Crippen LogP contribution in [0.15, 0.2) is 68.8 Å². The Bertz CT molecular complexity index is 1190. The Labute approximate surface area is 142 Å². The summed E-state index contributed by atoms with van der Waals surface area (Å²) >= 11 is 0. The minimum Gasteiger partial charge on any atom is -0.454 e. The van der Waals surface area contributed by atoms with Crippen LogP contribution in [-0.4, -0.2) is 16.4 Å². The predicted octanol–water partition coefficient (Wildman–Crippen LogP) is 4.37. The van der Waals surface area contributed by atoms with Gasteiger partial charge in [-0.2, -0.15) is 0 Å². The summed E-state index contributed by atoms with van der Waals surface area (Å²) in [4.78, 5) is 16.7. The van der Waals surface area contributed by atoms with Crippen molar-refractivity contribution in [2.24, 2.45) is 4.99 Å². The number of aromatic nitrogens is 2. The van der Waals surface area contributed by atoms with Crippen LogP contribution >= 0.6 is 0 Å². The van der Waals surface area contributed by atoms with Crippen molar-refractivity contribution < 1.29 is 4.42 Å². The van der Waals surface area contributed by atoms with Crippen molar-refractivity contribution in [1.82, 2.24) is 10.2 Å². The standard InChI is InChI=1S/C20H13N3O2/c24-20-15(9-13-11-21-16-7-3-2-6-14(13)16)19(22-23-20)18-10-12-5-1-4-8-17(12)25-18/h1-11H,(H2,22,23,24)/b13-9+. The SMILES string of the molecule is O=c1[nH][nH]c(-c2cc3ccccc3o2)c1/C=C1\C=Nc2ccccc21. The maximum absolute atomic E-state index is 12.3. The number of fused-ring (bicyclic) bond motifs is 2. The number of allylic oxidation sites excluding steroid dienone is 1. The van der Waals surface area contributed by atoms with Crippen molar-refractivity contribution in [1.29, 1.82) is 0 Å². The van der Waals surface area contributed by atoms with Crippen LogP contribution in [0.5, 0.6) is 0 Å². The lowest BCUT2D eigenvalue weighted by atomic mass is 10.0. The molecule has 0 atom stereocenters. The highest BCUT2D eigenvalue weighted by molar-refractivity contribution is 6.21. The first kappa shape index (κ1) is 13.8. The van der Waals surface area contributed by atoms with Crippen LogP contribution in [0, 0.1) is 0 Å². The van der Waals surface area contributed by atoms with Gasteiger partial charge in [-0.25, -0.2) is 0 Å². The Kier molecular flexibility index (Phi) is 2.87. The van der Waals surface area contributed by atoms with E-state index < -0.39 is 0 Å². The maximum atomic E-state index is 12.3. The van der Waals surface area contributed by atoms with Gasteiger partial charge in [0.15, 0.2) is 5.76 Å². The summed E-state index contributed by atoms with van der Waals surface area (Å²) in [6.07, 6.45) is 3.62. The van der Waals surface area contributed by atoms with E-state index in [0.29, 0.717) is 17.0 Å². The molecule has 2 N–H and O–H groups in total. The molecule has 0 amide bonds. The van der Waals surface area contributed by atoms with E-state index in [9.17, 15) is 4.79 Å². The molecule has 1 aliphatic heterocycles. The van der Waals surface area contributed by atoms with Crippen molar-refractivity contribution in [2.75, 3.05) is 0 Å². The zero-order valence-electron chi connectivity index (χ0n) is 13.1. The molecule has 0 unspecified atom stereocenters. The van der Waals surface area contributed by atoms with Gasteiger partial charge in [-0.1, -0.05) is 36.4 Å².